The molecule has 5 heteroatoms. The quantitative estimate of drug-likeness (QED) is 0.912. The van der Waals surface area contributed by atoms with Crippen LogP contribution in [-0.4, -0.2) is 25.3 Å². The number of fused-ring (bicyclic) bond motifs is 1. The van der Waals surface area contributed by atoms with Gasteiger partial charge in [-0.2, -0.15) is 0 Å². The number of amides is 2. The Labute approximate surface area is 141 Å². The Balaban J connectivity index is 1.40. The summed E-state index contributed by atoms with van der Waals surface area (Å²) in [5, 5.41) is 6.06. The van der Waals surface area contributed by atoms with Crippen LogP contribution in [0.5, 0.6) is 5.75 Å². The van der Waals surface area contributed by atoms with Gasteiger partial charge in [-0.25, -0.2) is 4.79 Å². The molecule has 124 valence electrons. The summed E-state index contributed by atoms with van der Waals surface area (Å²) in [7, 11) is 0. The fourth-order valence-corrected chi connectivity index (χ4v) is 3.36. The molecule has 2 aliphatic rings. The molecule has 0 aromatic heterocycles. The zero-order valence-corrected chi connectivity index (χ0v) is 13.3. The highest BCUT2D eigenvalue weighted by Crippen LogP contribution is 2.32. The van der Waals surface area contributed by atoms with Crippen molar-refractivity contribution in [3.8, 4) is 5.75 Å². The van der Waals surface area contributed by atoms with Gasteiger partial charge < -0.3 is 20.1 Å². The highest BCUT2D eigenvalue weighted by atomic mass is 16.5. The van der Waals surface area contributed by atoms with Crippen LogP contribution in [0.15, 0.2) is 54.6 Å². The van der Waals surface area contributed by atoms with E-state index in [4.69, 9.17) is 9.47 Å². The normalized spacial score (nSPS) is 24.9. The minimum Gasteiger partial charge on any atom is -0.491 e. The molecule has 24 heavy (non-hydrogen) atoms. The minimum absolute atomic E-state index is 0.0232. The van der Waals surface area contributed by atoms with E-state index in [1.165, 1.54) is 0 Å². The van der Waals surface area contributed by atoms with Gasteiger partial charge in [0.25, 0.3) is 0 Å². The van der Waals surface area contributed by atoms with Crippen LogP contribution >= 0.6 is 0 Å². The van der Waals surface area contributed by atoms with Crippen molar-refractivity contribution in [2.75, 3.05) is 13.2 Å². The van der Waals surface area contributed by atoms with Gasteiger partial charge >= 0.3 is 6.03 Å². The lowest BCUT2D eigenvalue weighted by Crippen LogP contribution is -2.44. The van der Waals surface area contributed by atoms with Crippen LogP contribution < -0.4 is 15.4 Å². The molecule has 0 saturated carbocycles. The van der Waals surface area contributed by atoms with E-state index in [-0.39, 0.29) is 24.2 Å². The summed E-state index contributed by atoms with van der Waals surface area (Å²) in [6.45, 7) is 1.12. The number of hydrogen-bond donors (Lipinski definition) is 2. The fraction of sp³-hybridized carbons (Fsp3) is 0.316. The zero-order chi connectivity index (χ0) is 16.4. The molecule has 0 bridgehead atoms. The molecule has 1 saturated heterocycles. The summed E-state index contributed by atoms with van der Waals surface area (Å²) in [5.74, 6) is 0.842. The van der Waals surface area contributed by atoms with Gasteiger partial charge in [0.2, 0.25) is 0 Å². The third-order valence-electron chi connectivity index (χ3n) is 4.54. The Hall–Kier alpha value is -2.53. The maximum Gasteiger partial charge on any atom is 0.315 e. The van der Waals surface area contributed by atoms with Crippen molar-refractivity contribution in [1.29, 1.82) is 0 Å². The van der Waals surface area contributed by atoms with Crippen LogP contribution in [0.2, 0.25) is 0 Å². The second-order valence-electron chi connectivity index (χ2n) is 6.12. The van der Waals surface area contributed by atoms with E-state index in [0.717, 1.165) is 23.3 Å². The molecule has 5 nitrogen and oxygen atoms in total. The third kappa shape index (κ3) is 2.95. The number of carbonyl (C=O) groups is 1. The molecule has 0 spiro atoms. The average Bonchev–Trinajstić information content (AvgIpc) is 3.23. The molecule has 2 aromatic carbocycles. The van der Waals surface area contributed by atoms with Gasteiger partial charge in [0, 0.05) is 12.2 Å². The third-order valence-corrected chi connectivity index (χ3v) is 4.54. The summed E-state index contributed by atoms with van der Waals surface area (Å²) < 4.78 is 11.4. The van der Waals surface area contributed by atoms with Crippen molar-refractivity contribution in [3.05, 3.63) is 65.7 Å². The van der Waals surface area contributed by atoms with E-state index in [1.807, 2.05) is 54.6 Å². The van der Waals surface area contributed by atoms with Gasteiger partial charge in [0.05, 0.1) is 12.1 Å². The van der Waals surface area contributed by atoms with Gasteiger partial charge in [-0.05, 0) is 18.1 Å². The number of ether oxygens (including phenoxy) is 2. The van der Waals surface area contributed by atoms with Crippen molar-refractivity contribution in [1.82, 2.24) is 10.6 Å². The Morgan fingerprint density at radius 2 is 1.79 bits per heavy atom. The molecule has 2 heterocycles. The SMILES string of the molecule is O=C(NC1COc2ccccc21)NC1CCOC1c1ccccc1. The topological polar surface area (TPSA) is 59.6 Å². The molecule has 3 unspecified atom stereocenters. The summed E-state index contributed by atoms with van der Waals surface area (Å²) in [5.41, 5.74) is 2.12. The Morgan fingerprint density at radius 3 is 2.67 bits per heavy atom. The Bertz CT molecular complexity index is 720. The van der Waals surface area contributed by atoms with E-state index in [9.17, 15) is 4.79 Å². The van der Waals surface area contributed by atoms with Crippen LogP contribution in [0.4, 0.5) is 4.79 Å². The van der Waals surface area contributed by atoms with Crippen LogP contribution in [0.25, 0.3) is 0 Å². The van der Waals surface area contributed by atoms with Gasteiger partial charge in [-0.3, -0.25) is 0 Å². The van der Waals surface area contributed by atoms with Crippen LogP contribution in [0, 0.1) is 0 Å². The largest absolute Gasteiger partial charge is 0.491 e. The van der Waals surface area contributed by atoms with Crippen LogP contribution in [0.3, 0.4) is 0 Å². The average molecular weight is 324 g/mol. The minimum atomic E-state index is -0.184. The summed E-state index contributed by atoms with van der Waals surface area (Å²) in [6, 6.07) is 17.5. The zero-order valence-electron chi connectivity index (χ0n) is 13.3. The molecule has 3 atom stereocenters. The number of para-hydroxylation sites is 1. The number of nitrogens with one attached hydrogen (secondary N) is 2. The Kier molecular flexibility index (Phi) is 4.09. The monoisotopic (exact) mass is 324 g/mol. The smallest absolute Gasteiger partial charge is 0.315 e. The molecule has 2 aliphatic heterocycles. The van der Waals surface area contributed by atoms with Gasteiger partial charge in [0.1, 0.15) is 18.5 Å². The van der Waals surface area contributed by atoms with E-state index < -0.39 is 0 Å². The number of urea groups is 1. The van der Waals surface area contributed by atoms with Crippen molar-refractivity contribution in [3.63, 3.8) is 0 Å². The number of carbonyl (C=O) groups excluding carboxylic acids is 1. The summed E-state index contributed by atoms with van der Waals surface area (Å²) in [6.07, 6.45) is 0.717. The first-order chi connectivity index (χ1) is 11.8. The maximum absolute atomic E-state index is 12.4. The first-order valence-electron chi connectivity index (χ1n) is 8.26. The van der Waals surface area contributed by atoms with E-state index in [1.54, 1.807) is 0 Å². The van der Waals surface area contributed by atoms with E-state index in [2.05, 4.69) is 10.6 Å². The van der Waals surface area contributed by atoms with Gasteiger partial charge in [-0.1, -0.05) is 48.5 Å². The van der Waals surface area contributed by atoms with E-state index >= 15 is 0 Å². The molecular weight excluding hydrogens is 304 g/mol. The molecule has 2 amide bonds. The maximum atomic E-state index is 12.4. The highest BCUT2D eigenvalue weighted by molar-refractivity contribution is 5.75. The lowest BCUT2D eigenvalue weighted by molar-refractivity contribution is 0.0997. The molecule has 0 aliphatic carbocycles. The second kappa shape index (κ2) is 6.53. The first kappa shape index (κ1) is 15.0. The van der Waals surface area contributed by atoms with Crippen molar-refractivity contribution in [2.24, 2.45) is 0 Å². The fourth-order valence-electron chi connectivity index (χ4n) is 3.36. The number of hydrogen-bond acceptors (Lipinski definition) is 3. The Morgan fingerprint density at radius 1 is 1.00 bits per heavy atom. The van der Waals surface area contributed by atoms with Crippen molar-refractivity contribution >= 4 is 6.03 Å². The molecule has 4 rings (SSSR count). The van der Waals surface area contributed by atoms with Crippen molar-refractivity contribution < 1.29 is 14.3 Å². The van der Waals surface area contributed by atoms with Crippen LogP contribution in [0.1, 0.15) is 29.7 Å². The summed E-state index contributed by atoms with van der Waals surface area (Å²) in [4.78, 5) is 12.4. The lowest BCUT2D eigenvalue weighted by atomic mass is 10.0. The van der Waals surface area contributed by atoms with Gasteiger partial charge in [-0.15, -0.1) is 0 Å². The lowest BCUT2D eigenvalue weighted by Gasteiger charge is -2.21. The predicted octanol–water partition coefficient (Wildman–Crippen LogP) is 2.95. The predicted molar refractivity (Wildman–Crippen MR) is 89.9 cm³/mol. The number of benzene rings is 2. The number of rotatable bonds is 3. The molecular formula is C19H20N2O3. The standard InChI is InChI=1S/C19H20N2O3/c22-19(21-16-12-24-17-9-5-4-8-14(16)17)20-15-10-11-23-18(15)13-6-2-1-3-7-13/h1-9,15-16,18H,10-12H2,(H2,20,21,22). The molecule has 0 radical (unpaired) electrons. The molecule has 1 fully saturated rings. The van der Waals surface area contributed by atoms with Gasteiger partial charge in [0.15, 0.2) is 0 Å². The van der Waals surface area contributed by atoms with Crippen molar-refractivity contribution in [2.45, 2.75) is 24.6 Å². The van der Waals surface area contributed by atoms with Crippen LogP contribution in [-0.2, 0) is 4.74 Å². The van der Waals surface area contributed by atoms with E-state index in [0.29, 0.717) is 13.2 Å². The summed E-state index contributed by atoms with van der Waals surface area (Å²) >= 11 is 0. The molecule has 2 N–H and O–H groups in total. The first-order valence-corrected chi connectivity index (χ1v) is 8.26. The highest BCUT2D eigenvalue weighted by Gasteiger charge is 2.32. The molecule has 2 aromatic rings. The second-order valence-corrected chi connectivity index (χ2v) is 6.12.